The smallest absolute Gasteiger partial charge is 0.311 e. The second-order valence-corrected chi connectivity index (χ2v) is 16.8. The molecule has 14 nitrogen and oxygen atoms in total. The highest BCUT2D eigenvalue weighted by Gasteiger charge is 2.53. The Balaban J connectivity index is 2.18. The molecular formula is C37H70N2O12. The number of ether oxygens (including phenoxy) is 6. The van der Waals surface area contributed by atoms with E-state index < -0.39 is 108 Å². The minimum absolute atomic E-state index is 0.0888. The highest BCUT2D eigenvalue weighted by atomic mass is 16.7. The minimum Gasteiger partial charge on any atom is -0.459 e. The Bertz CT molecular complexity index is 1130. The van der Waals surface area contributed by atoms with Crippen LogP contribution in [0.15, 0.2) is 0 Å². The molecule has 300 valence electrons. The Morgan fingerprint density at radius 3 is 2.08 bits per heavy atom. The zero-order valence-electron chi connectivity index (χ0n) is 33.2. The quantitative estimate of drug-likeness (QED) is 0.206. The maximum absolute atomic E-state index is 14.1. The van der Waals surface area contributed by atoms with Crippen LogP contribution in [0.5, 0.6) is 0 Å². The number of nitrogens with zero attached hydrogens (tertiary/aromatic N) is 1. The third-order valence-corrected chi connectivity index (χ3v) is 12.2. The molecule has 7 N–H and O–H groups in total. The summed E-state index contributed by atoms with van der Waals surface area (Å²) in [6.07, 6.45) is -8.68. The molecule has 1 unspecified atom stereocenters. The van der Waals surface area contributed by atoms with E-state index in [2.05, 4.69) is 0 Å². The fourth-order valence-corrected chi connectivity index (χ4v) is 8.63. The van der Waals surface area contributed by atoms with Gasteiger partial charge in [0.25, 0.3) is 0 Å². The lowest BCUT2D eigenvalue weighted by molar-refractivity contribution is -0.318. The summed E-state index contributed by atoms with van der Waals surface area (Å²) in [5.41, 5.74) is 2.20. The lowest BCUT2D eigenvalue weighted by atomic mass is 9.72. The van der Waals surface area contributed by atoms with Crippen molar-refractivity contribution in [1.82, 2.24) is 4.90 Å². The van der Waals surface area contributed by atoms with Gasteiger partial charge in [0, 0.05) is 37.5 Å². The van der Waals surface area contributed by atoms with Crippen molar-refractivity contribution in [3.8, 4) is 0 Å². The van der Waals surface area contributed by atoms with Crippen molar-refractivity contribution in [3.05, 3.63) is 0 Å². The van der Waals surface area contributed by atoms with E-state index in [1.165, 1.54) is 14.0 Å². The summed E-state index contributed by atoms with van der Waals surface area (Å²) in [4.78, 5) is 16.0. The average Bonchev–Trinajstić information content (AvgIpc) is 3.05. The van der Waals surface area contributed by atoms with Crippen molar-refractivity contribution in [3.63, 3.8) is 0 Å². The molecule has 14 heteroatoms. The summed E-state index contributed by atoms with van der Waals surface area (Å²) < 4.78 is 37.3. The Morgan fingerprint density at radius 2 is 1.53 bits per heavy atom. The predicted octanol–water partition coefficient (Wildman–Crippen LogP) is 1.54. The number of carbonyl (C=O) groups is 1. The summed E-state index contributed by atoms with van der Waals surface area (Å²) in [6.45, 7) is 17.2. The zero-order chi connectivity index (χ0) is 39.0. The van der Waals surface area contributed by atoms with Crippen LogP contribution in [0.2, 0.25) is 0 Å². The van der Waals surface area contributed by atoms with E-state index in [1.807, 2.05) is 32.8 Å². The van der Waals surface area contributed by atoms with Crippen molar-refractivity contribution in [1.29, 1.82) is 0 Å². The highest BCUT2D eigenvalue weighted by Crippen LogP contribution is 2.41. The molecule has 0 amide bonds. The molecule has 3 aliphatic heterocycles. The summed E-state index contributed by atoms with van der Waals surface area (Å²) in [7, 11) is 5.24. The van der Waals surface area contributed by atoms with Crippen molar-refractivity contribution in [2.75, 3.05) is 21.2 Å². The van der Waals surface area contributed by atoms with E-state index in [0.717, 1.165) is 0 Å². The first kappa shape index (κ1) is 44.4. The van der Waals surface area contributed by atoms with Crippen LogP contribution in [-0.2, 0) is 33.2 Å². The number of carbonyl (C=O) groups excluding carboxylic acids is 1. The fourth-order valence-electron chi connectivity index (χ4n) is 8.63. The van der Waals surface area contributed by atoms with Gasteiger partial charge in [0.1, 0.15) is 23.9 Å². The van der Waals surface area contributed by atoms with Gasteiger partial charge in [0.05, 0.1) is 47.6 Å². The number of likely N-dealkylation sites (N-methyl/N-ethyl adjacent to an activating group) is 1. The minimum atomic E-state index is -1.85. The molecule has 0 saturated carbocycles. The van der Waals surface area contributed by atoms with Gasteiger partial charge >= 0.3 is 5.97 Å². The van der Waals surface area contributed by atoms with Crippen LogP contribution >= 0.6 is 0 Å². The van der Waals surface area contributed by atoms with Gasteiger partial charge in [-0.1, -0.05) is 27.7 Å². The van der Waals surface area contributed by atoms with E-state index in [-0.39, 0.29) is 31.4 Å². The van der Waals surface area contributed by atoms with Gasteiger partial charge in [-0.2, -0.15) is 0 Å². The molecule has 0 aromatic heterocycles. The van der Waals surface area contributed by atoms with Crippen LogP contribution in [0.3, 0.4) is 0 Å². The van der Waals surface area contributed by atoms with Crippen molar-refractivity contribution >= 4 is 5.97 Å². The Kier molecular flexibility index (Phi) is 15.0. The first-order valence-corrected chi connectivity index (χ1v) is 18.7. The SMILES string of the molecule is CC[C@H]1OC(=O)[C@H](C)[C@@H](O[C@H]2C[C@@](C)(OC)[C@@H](O)[C@H](C)O2)[C@H](C)[C@@H](O[C@@H]2O[C@H](C)C[C@H](N(C)C)[C@H]2O)[C@](C)(O)C[C@@H](C)C(N)[C@H](C)[C@@H](O)[C@]1(C)O. The lowest BCUT2D eigenvalue weighted by Gasteiger charge is -2.49. The molecule has 19 atom stereocenters. The van der Waals surface area contributed by atoms with Crippen molar-refractivity contribution in [2.45, 2.75) is 185 Å². The van der Waals surface area contributed by atoms with Crippen molar-refractivity contribution in [2.24, 2.45) is 29.4 Å². The number of methoxy groups -OCH3 is 1. The third-order valence-electron chi connectivity index (χ3n) is 12.2. The van der Waals surface area contributed by atoms with Gasteiger partial charge in [-0.25, -0.2) is 0 Å². The molecule has 0 aromatic carbocycles. The molecule has 3 heterocycles. The van der Waals surface area contributed by atoms with E-state index >= 15 is 0 Å². The van der Waals surface area contributed by atoms with E-state index in [1.54, 1.807) is 48.5 Å². The van der Waals surface area contributed by atoms with E-state index in [0.29, 0.717) is 6.42 Å². The van der Waals surface area contributed by atoms with Crippen LogP contribution in [0.4, 0.5) is 0 Å². The van der Waals surface area contributed by atoms with Gasteiger partial charge in [0.15, 0.2) is 12.6 Å². The normalized spacial score (nSPS) is 51.2. The monoisotopic (exact) mass is 734 g/mol. The van der Waals surface area contributed by atoms with Crippen LogP contribution in [0.1, 0.15) is 94.9 Å². The van der Waals surface area contributed by atoms with Gasteiger partial charge < -0.3 is 64.6 Å². The lowest BCUT2D eigenvalue weighted by Crippen LogP contribution is -2.62. The molecule has 3 aliphatic rings. The molecule has 0 bridgehead atoms. The molecule has 3 saturated heterocycles. The number of cyclic esters (lactones) is 1. The number of nitrogens with two attached hydrogens (primary N) is 1. The Hall–Kier alpha value is -1.01. The number of aliphatic hydroxyl groups excluding tert-OH is 3. The van der Waals surface area contributed by atoms with Gasteiger partial charge in [-0.15, -0.1) is 0 Å². The number of rotatable bonds is 7. The van der Waals surface area contributed by atoms with E-state index in [9.17, 15) is 30.3 Å². The zero-order valence-corrected chi connectivity index (χ0v) is 33.2. The summed E-state index contributed by atoms with van der Waals surface area (Å²) in [6, 6.07) is -0.983. The predicted molar refractivity (Wildman–Crippen MR) is 189 cm³/mol. The maximum atomic E-state index is 14.1. The van der Waals surface area contributed by atoms with Crippen LogP contribution in [-0.4, -0.2) is 148 Å². The maximum Gasteiger partial charge on any atom is 0.311 e. The van der Waals surface area contributed by atoms with Crippen LogP contribution in [0.25, 0.3) is 0 Å². The summed E-state index contributed by atoms with van der Waals surface area (Å²) in [5, 5.41) is 58.0. The number of hydrogen-bond donors (Lipinski definition) is 6. The molecular weight excluding hydrogens is 664 g/mol. The summed E-state index contributed by atoms with van der Waals surface area (Å²) >= 11 is 0. The van der Waals surface area contributed by atoms with Gasteiger partial charge in [-0.05, 0) is 80.8 Å². The first-order valence-electron chi connectivity index (χ1n) is 18.7. The van der Waals surface area contributed by atoms with Gasteiger partial charge in [-0.3, -0.25) is 4.79 Å². The highest BCUT2D eigenvalue weighted by molar-refractivity contribution is 5.73. The second-order valence-electron chi connectivity index (χ2n) is 16.8. The molecule has 3 rings (SSSR count). The Morgan fingerprint density at radius 1 is 0.922 bits per heavy atom. The topological polar surface area (TPSA) is 203 Å². The largest absolute Gasteiger partial charge is 0.459 e. The third kappa shape index (κ3) is 9.63. The molecule has 51 heavy (non-hydrogen) atoms. The number of hydrogen-bond acceptors (Lipinski definition) is 14. The standard InChI is InChI=1S/C37H70N2O12/c1-14-25-37(10,45)30(41)20(4)27(38)18(2)16-35(8,44)32(51-34-28(40)24(39(11)12)15-19(3)47-34)21(5)29(22(6)33(43)49-25)50-26-17-36(9,46-13)31(42)23(7)48-26/h18-32,34,40-42,44-45H,14-17,38H2,1-13H3/t18-,19-,20+,21+,22-,23+,24+,25-,26+,27?,28-,29+,30-,31+,32-,34+,35-,36-,37-/m1/s1. The van der Waals surface area contributed by atoms with Crippen LogP contribution in [0, 0.1) is 23.7 Å². The molecule has 0 aromatic rings. The number of esters is 1. The fraction of sp³-hybridized carbons (Fsp3) is 0.973. The average molecular weight is 735 g/mol. The molecule has 3 fully saturated rings. The number of aliphatic hydroxyl groups is 5. The van der Waals surface area contributed by atoms with Crippen molar-refractivity contribution < 1.29 is 58.7 Å². The molecule has 0 spiro atoms. The first-order chi connectivity index (χ1) is 23.4. The molecule has 0 radical (unpaired) electrons. The van der Waals surface area contributed by atoms with E-state index in [4.69, 9.17) is 34.2 Å². The van der Waals surface area contributed by atoms with Crippen LogP contribution < -0.4 is 5.73 Å². The molecule has 0 aliphatic carbocycles. The second kappa shape index (κ2) is 17.2. The summed E-state index contributed by atoms with van der Waals surface area (Å²) in [5.74, 6) is -3.57. The Labute approximate surface area is 305 Å². The van der Waals surface area contributed by atoms with Gasteiger partial charge in [0.2, 0.25) is 0 Å².